The second kappa shape index (κ2) is 8.12. The van der Waals surface area contributed by atoms with E-state index in [9.17, 15) is 9.18 Å². The number of aromatic nitrogens is 2. The normalized spacial score (nSPS) is 10.6. The monoisotopic (exact) mass is 383 g/mol. The lowest BCUT2D eigenvalue weighted by Gasteiger charge is -2.19. The molecule has 0 saturated carbocycles. The summed E-state index contributed by atoms with van der Waals surface area (Å²) >= 11 is 0. The summed E-state index contributed by atoms with van der Waals surface area (Å²) in [6, 6.07) is 11.4. The van der Waals surface area contributed by atoms with Crippen LogP contribution in [0.5, 0.6) is 11.5 Å². The van der Waals surface area contributed by atoms with Crippen LogP contribution in [-0.4, -0.2) is 41.9 Å². The molecule has 0 unspecified atom stereocenters. The van der Waals surface area contributed by atoms with E-state index >= 15 is 0 Å². The summed E-state index contributed by atoms with van der Waals surface area (Å²) in [6.45, 7) is 2.18. The van der Waals surface area contributed by atoms with E-state index in [0.717, 1.165) is 5.56 Å². The summed E-state index contributed by atoms with van der Waals surface area (Å²) in [4.78, 5) is 14.5. The van der Waals surface area contributed by atoms with Gasteiger partial charge in [0.2, 0.25) is 0 Å². The molecule has 0 aliphatic rings. The highest BCUT2D eigenvalue weighted by Gasteiger charge is 2.20. The second-order valence-corrected chi connectivity index (χ2v) is 6.37. The molecule has 146 valence electrons. The maximum absolute atomic E-state index is 13.2. The molecule has 0 N–H and O–H groups in total. The second-order valence-electron chi connectivity index (χ2n) is 6.37. The van der Waals surface area contributed by atoms with Gasteiger partial charge in [0.15, 0.2) is 0 Å². The van der Waals surface area contributed by atoms with Crippen LogP contribution in [0.25, 0.3) is 5.69 Å². The van der Waals surface area contributed by atoms with Crippen LogP contribution < -0.4 is 9.47 Å². The van der Waals surface area contributed by atoms with Crippen LogP contribution in [0.2, 0.25) is 0 Å². The van der Waals surface area contributed by atoms with Crippen molar-refractivity contribution in [2.45, 2.75) is 13.5 Å². The zero-order valence-corrected chi connectivity index (χ0v) is 16.3. The fourth-order valence-corrected chi connectivity index (χ4v) is 2.98. The van der Waals surface area contributed by atoms with Crippen LogP contribution in [-0.2, 0) is 6.54 Å². The summed E-state index contributed by atoms with van der Waals surface area (Å²) in [6.07, 6.45) is 1.53. The van der Waals surface area contributed by atoms with Crippen molar-refractivity contribution in [2.75, 3.05) is 21.3 Å². The molecule has 0 aliphatic heterocycles. The first kappa shape index (κ1) is 19.4. The quantitative estimate of drug-likeness (QED) is 0.653. The molecule has 1 heterocycles. The summed E-state index contributed by atoms with van der Waals surface area (Å²) in [5.74, 6) is 0.852. The Bertz CT molecular complexity index is 983. The minimum absolute atomic E-state index is 0.163. The van der Waals surface area contributed by atoms with Gasteiger partial charge in [-0.15, -0.1) is 0 Å². The number of methoxy groups -OCH3 is 2. The molecule has 0 fully saturated rings. The smallest absolute Gasteiger partial charge is 0.257 e. The van der Waals surface area contributed by atoms with Gasteiger partial charge in [-0.25, -0.2) is 9.07 Å². The predicted octanol–water partition coefficient (Wildman–Crippen LogP) is 3.61. The zero-order chi connectivity index (χ0) is 20.3. The molecule has 0 spiro atoms. The van der Waals surface area contributed by atoms with Gasteiger partial charge < -0.3 is 14.4 Å². The van der Waals surface area contributed by atoms with Crippen LogP contribution in [0.1, 0.15) is 21.6 Å². The molecule has 7 heteroatoms. The van der Waals surface area contributed by atoms with Gasteiger partial charge in [-0.1, -0.05) is 0 Å². The van der Waals surface area contributed by atoms with Crippen molar-refractivity contribution in [1.29, 1.82) is 0 Å². The van der Waals surface area contributed by atoms with Gasteiger partial charge in [-0.3, -0.25) is 4.79 Å². The average molecular weight is 383 g/mol. The molecule has 28 heavy (non-hydrogen) atoms. The van der Waals surface area contributed by atoms with E-state index in [0.29, 0.717) is 35.0 Å². The van der Waals surface area contributed by atoms with Crippen LogP contribution in [0.4, 0.5) is 4.39 Å². The number of amides is 1. The summed E-state index contributed by atoms with van der Waals surface area (Å²) in [5, 5.41) is 4.29. The van der Waals surface area contributed by atoms with Crippen LogP contribution in [0.3, 0.4) is 0 Å². The summed E-state index contributed by atoms with van der Waals surface area (Å²) in [7, 11) is 4.89. The highest BCUT2D eigenvalue weighted by Crippen LogP contribution is 2.26. The van der Waals surface area contributed by atoms with E-state index in [2.05, 4.69) is 5.10 Å². The molecule has 0 aliphatic carbocycles. The number of benzene rings is 2. The summed E-state index contributed by atoms with van der Waals surface area (Å²) < 4.78 is 25.4. The SMILES string of the molecule is COc1ccc(CN(C)C(=O)c2cnn(-c3ccc(F)cc3)c2C)c(OC)c1. The number of hydrogen-bond acceptors (Lipinski definition) is 4. The molecule has 1 amide bonds. The molecule has 6 nitrogen and oxygen atoms in total. The maximum atomic E-state index is 13.2. The van der Waals surface area contributed by atoms with E-state index in [4.69, 9.17) is 9.47 Å². The Kier molecular flexibility index (Phi) is 5.63. The topological polar surface area (TPSA) is 56.6 Å². The predicted molar refractivity (Wildman–Crippen MR) is 104 cm³/mol. The van der Waals surface area contributed by atoms with Crippen LogP contribution in [0, 0.1) is 12.7 Å². The van der Waals surface area contributed by atoms with Gasteiger partial charge in [0, 0.05) is 25.2 Å². The fourth-order valence-electron chi connectivity index (χ4n) is 2.98. The lowest BCUT2D eigenvalue weighted by atomic mass is 10.1. The number of carbonyl (C=O) groups excluding carboxylic acids is 1. The van der Waals surface area contributed by atoms with Gasteiger partial charge in [0.05, 0.1) is 37.4 Å². The number of halogens is 1. The Morgan fingerprint density at radius 3 is 2.50 bits per heavy atom. The summed E-state index contributed by atoms with van der Waals surface area (Å²) in [5.41, 5.74) is 2.73. The van der Waals surface area contributed by atoms with Crippen molar-refractivity contribution < 1.29 is 18.7 Å². The fraction of sp³-hybridized carbons (Fsp3) is 0.238. The average Bonchev–Trinajstić information content (AvgIpc) is 3.09. The molecule has 0 saturated heterocycles. The molecule has 0 radical (unpaired) electrons. The first-order chi connectivity index (χ1) is 13.4. The molecular formula is C21H22FN3O3. The van der Waals surface area contributed by atoms with E-state index in [1.165, 1.54) is 18.3 Å². The van der Waals surface area contributed by atoms with E-state index in [1.807, 2.05) is 19.1 Å². The van der Waals surface area contributed by atoms with Crippen molar-refractivity contribution >= 4 is 5.91 Å². The molecule has 2 aromatic carbocycles. The first-order valence-electron chi connectivity index (χ1n) is 8.71. The van der Waals surface area contributed by atoms with Crippen molar-refractivity contribution in [3.8, 4) is 17.2 Å². The number of ether oxygens (including phenoxy) is 2. The molecular weight excluding hydrogens is 361 g/mol. The number of rotatable bonds is 6. The van der Waals surface area contributed by atoms with Gasteiger partial charge in [0.25, 0.3) is 5.91 Å². The van der Waals surface area contributed by atoms with Crippen molar-refractivity contribution in [3.63, 3.8) is 0 Å². The van der Waals surface area contributed by atoms with Crippen LogP contribution in [0.15, 0.2) is 48.7 Å². The Labute approximate surface area is 163 Å². The van der Waals surface area contributed by atoms with E-state index in [-0.39, 0.29) is 11.7 Å². The lowest BCUT2D eigenvalue weighted by Crippen LogP contribution is -2.26. The standard InChI is InChI=1S/C21H22FN3O3/c1-14-19(12-23-25(14)17-8-6-16(22)7-9-17)21(26)24(2)13-15-5-10-18(27-3)11-20(15)28-4/h5-12H,13H2,1-4H3. The first-order valence-corrected chi connectivity index (χ1v) is 8.71. The number of nitrogens with zero attached hydrogens (tertiary/aromatic N) is 3. The largest absolute Gasteiger partial charge is 0.497 e. The Hall–Kier alpha value is -3.35. The van der Waals surface area contributed by atoms with Gasteiger partial charge in [-0.2, -0.15) is 5.10 Å². The van der Waals surface area contributed by atoms with Crippen molar-refractivity contribution in [1.82, 2.24) is 14.7 Å². The zero-order valence-electron chi connectivity index (χ0n) is 16.3. The van der Waals surface area contributed by atoms with Crippen molar-refractivity contribution in [3.05, 3.63) is 71.3 Å². The molecule has 3 rings (SSSR count). The minimum Gasteiger partial charge on any atom is -0.497 e. The number of hydrogen-bond donors (Lipinski definition) is 0. The maximum Gasteiger partial charge on any atom is 0.257 e. The molecule has 0 atom stereocenters. The van der Waals surface area contributed by atoms with Gasteiger partial charge in [-0.05, 0) is 43.3 Å². The molecule has 3 aromatic rings. The molecule has 1 aromatic heterocycles. The van der Waals surface area contributed by atoms with Crippen LogP contribution >= 0.6 is 0 Å². The Morgan fingerprint density at radius 2 is 1.86 bits per heavy atom. The highest BCUT2D eigenvalue weighted by molar-refractivity contribution is 5.95. The lowest BCUT2D eigenvalue weighted by molar-refractivity contribution is 0.0783. The third-order valence-corrected chi connectivity index (χ3v) is 4.56. The third kappa shape index (κ3) is 3.83. The Morgan fingerprint density at radius 1 is 1.14 bits per heavy atom. The van der Waals surface area contributed by atoms with Crippen molar-refractivity contribution in [2.24, 2.45) is 0 Å². The Balaban J connectivity index is 1.82. The van der Waals surface area contributed by atoms with E-state index < -0.39 is 0 Å². The number of carbonyl (C=O) groups is 1. The van der Waals surface area contributed by atoms with E-state index in [1.54, 1.807) is 49.0 Å². The minimum atomic E-state index is -0.321. The highest BCUT2D eigenvalue weighted by atomic mass is 19.1. The third-order valence-electron chi connectivity index (χ3n) is 4.56. The molecule has 0 bridgehead atoms. The van der Waals surface area contributed by atoms with Gasteiger partial charge >= 0.3 is 0 Å². The van der Waals surface area contributed by atoms with Gasteiger partial charge in [0.1, 0.15) is 17.3 Å².